The van der Waals surface area contributed by atoms with Gasteiger partial charge >= 0.3 is 0 Å². The first-order chi connectivity index (χ1) is 8.28. The van der Waals surface area contributed by atoms with Crippen LogP contribution in [-0.2, 0) is 13.0 Å². The van der Waals surface area contributed by atoms with Crippen molar-refractivity contribution in [1.29, 1.82) is 5.26 Å². The SMILES string of the molecule is CC(C)(CCc1cncn1CCC#N)[Si](C)(C)O. The van der Waals surface area contributed by atoms with Gasteiger partial charge in [-0.2, -0.15) is 5.26 Å². The van der Waals surface area contributed by atoms with Crippen molar-refractivity contribution in [2.45, 2.75) is 57.8 Å². The van der Waals surface area contributed by atoms with E-state index in [9.17, 15) is 4.80 Å². The van der Waals surface area contributed by atoms with Crippen molar-refractivity contribution in [3.05, 3.63) is 18.2 Å². The molecule has 100 valence electrons. The van der Waals surface area contributed by atoms with Gasteiger partial charge in [-0.15, -0.1) is 0 Å². The van der Waals surface area contributed by atoms with Crippen LogP contribution in [0, 0.1) is 11.3 Å². The summed E-state index contributed by atoms with van der Waals surface area (Å²) in [6, 6.07) is 2.15. The third-order valence-electron chi connectivity index (χ3n) is 3.93. The zero-order valence-corrected chi connectivity index (χ0v) is 12.8. The summed E-state index contributed by atoms with van der Waals surface area (Å²) in [7, 11) is -2.14. The first-order valence-electron chi connectivity index (χ1n) is 6.36. The molecule has 0 aromatic carbocycles. The molecule has 18 heavy (non-hydrogen) atoms. The molecule has 0 atom stereocenters. The number of imidazole rings is 1. The number of hydrogen-bond acceptors (Lipinski definition) is 3. The lowest BCUT2D eigenvalue weighted by atomic mass is 10.1. The van der Waals surface area contributed by atoms with E-state index >= 15 is 0 Å². The van der Waals surface area contributed by atoms with Crippen LogP contribution in [-0.4, -0.2) is 22.7 Å². The Morgan fingerprint density at radius 3 is 2.72 bits per heavy atom. The fraction of sp³-hybridized carbons (Fsp3) is 0.692. The fourth-order valence-corrected chi connectivity index (χ4v) is 2.41. The van der Waals surface area contributed by atoms with Gasteiger partial charge in [0.15, 0.2) is 8.32 Å². The molecule has 0 aliphatic rings. The van der Waals surface area contributed by atoms with E-state index in [0.717, 1.165) is 18.5 Å². The van der Waals surface area contributed by atoms with E-state index in [1.54, 1.807) is 6.33 Å². The summed E-state index contributed by atoms with van der Waals surface area (Å²) in [5.41, 5.74) is 1.15. The maximum absolute atomic E-state index is 10.3. The van der Waals surface area contributed by atoms with E-state index in [4.69, 9.17) is 5.26 Å². The minimum Gasteiger partial charge on any atom is -0.432 e. The molecule has 1 rings (SSSR count). The van der Waals surface area contributed by atoms with Gasteiger partial charge in [0.25, 0.3) is 0 Å². The van der Waals surface area contributed by atoms with Crippen molar-refractivity contribution in [2.24, 2.45) is 0 Å². The molecule has 5 heteroatoms. The minimum atomic E-state index is -2.14. The normalized spacial score (nSPS) is 12.4. The Balaban J connectivity index is 2.64. The van der Waals surface area contributed by atoms with Crippen LogP contribution < -0.4 is 0 Å². The Morgan fingerprint density at radius 2 is 2.17 bits per heavy atom. The second-order valence-electron chi connectivity index (χ2n) is 5.93. The molecule has 0 saturated heterocycles. The lowest BCUT2D eigenvalue weighted by molar-refractivity contribution is 0.447. The molecule has 0 fully saturated rings. The Hall–Kier alpha value is -1.12. The van der Waals surface area contributed by atoms with Crippen LogP contribution >= 0.6 is 0 Å². The average molecular weight is 265 g/mol. The maximum Gasteiger partial charge on any atom is 0.188 e. The van der Waals surface area contributed by atoms with Crippen LogP contribution in [0.3, 0.4) is 0 Å². The lowest BCUT2D eigenvalue weighted by Gasteiger charge is -2.35. The second-order valence-corrected chi connectivity index (χ2v) is 10.4. The van der Waals surface area contributed by atoms with Gasteiger partial charge in [0.05, 0.1) is 18.8 Å². The molecule has 1 aromatic rings. The van der Waals surface area contributed by atoms with Gasteiger partial charge in [0, 0.05) is 18.4 Å². The highest BCUT2D eigenvalue weighted by atomic mass is 28.4. The number of rotatable bonds is 6. The molecule has 4 nitrogen and oxygen atoms in total. The highest BCUT2D eigenvalue weighted by Gasteiger charge is 2.37. The first-order valence-corrected chi connectivity index (χ1v) is 9.31. The molecule has 0 unspecified atom stereocenters. The summed E-state index contributed by atoms with van der Waals surface area (Å²) in [4.78, 5) is 14.4. The van der Waals surface area contributed by atoms with Gasteiger partial charge in [-0.3, -0.25) is 0 Å². The summed E-state index contributed by atoms with van der Waals surface area (Å²) in [5.74, 6) is 0. The molecular weight excluding hydrogens is 242 g/mol. The molecule has 0 spiro atoms. The van der Waals surface area contributed by atoms with Gasteiger partial charge in [0.2, 0.25) is 0 Å². The number of hydrogen-bond donors (Lipinski definition) is 1. The van der Waals surface area contributed by atoms with Crippen molar-refractivity contribution in [3.63, 3.8) is 0 Å². The zero-order valence-electron chi connectivity index (χ0n) is 11.8. The summed E-state index contributed by atoms with van der Waals surface area (Å²) < 4.78 is 2.03. The smallest absolute Gasteiger partial charge is 0.188 e. The van der Waals surface area contributed by atoms with E-state index in [1.165, 1.54) is 0 Å². The lowest BCUT2D eigenvalue weighted by Crippen LogP contribution is -2.39. The first kappa shape index (κ1) is 14.9. The van der Waals surface area contributed by atoms with Crippen LogP contribution in [0.1, 0.15) is 32.4 Å². The molecule has 0 aliphatic carbocycles. The third-order valence-corrected chi connectivity index (χ3v) is 7.49. The minimum absolute atomic E-state index is 0.0165. The van der Waals surface area contributed by atoms with Gasteiger partial charge in [-0.1, -0.05) is 13.8 Å². The largest absolute Gasteiger partial charge is 0.432 e. The molecule has 1 N–H and O–H groups in total. The van der Waals surface area contributed by atoms with Crippen LogP contribution in [0.5, 0.6) is 0 Å². The van der Waals surface area contributed by atoms with Crippen LogP contribution in [0.15, 0.2) is 12.5 Å². The molecule has 1 heterocycles. The number of aromatic nitrogens is 2. The van der Waals surface area contributed by atoms with E-state index < -0.39 is 8.32 Å². The predicted octanol–water partition coefficient (Wildman–Crippen LogP) is 2.71. The van der Waals surface area contributed by atoms with E-state index in [1.807, 2.05) is 23.9 Å². The topological polar surface area (TPSA) is 61.8 Å². The second kappa shape index (κ2) is 5.68. The van der Waals surface area contributed by atoms with Gasteiger partial charge in [-0.05, 0) is 31.0 Å². The monoisotopic (exact) mass is 265 g/mol. The van der Waals surface area contributed by atoms with Crippen LogP contribution in [0.4, 0.5) is 0 Å². The molecule has 0 bridgehead atoms. The molecule has 0 aliphatic heterocycles. The van der Waals surface area contributed by atoms with E-state index in [-0.39, 0.29) is 5.04 Å². The van der Waals surface area contributed by atoms with Gasteiger partial charge < -0.3 is 9.36 Å². The molecule has 0 radical (unpaired) electrons. The summed E-state index contributed by atoms with van der Waals surface area (Å²) in [6.07, 6.45) is 5.99. The highest BCUT2D eigenvalue weighted by molar-refractivity contribution is 6.72. The maximum atomic E-state index is 10.3. The summed E-state index contributed by atoms with van der Waals surface area (Å²) >= 11 is 0. The molecule has 0 saturated carbocycles. The predicted molar refractivity (Wildman–Crippen MR) is 74.5 cm³/mol. The Labute approximate surface area is 110 Å². The fourth-order valence-electron chi connectivity index (χ4n) is 1.67. The third kappa shape index (κ3) is 3.69. The number of nitrogens with zero attached hydrogens (tertiary/aromatic N) is 3. The Kier molecular flexibility index (Phi) is 4.71. The van der Waals surface area contributed by atoms with Crippen molar-refractivity contribution in [3.8, 4) is 6.07 Å². The van der Waals surface area contributed by atoms with Crippen LogP contribution in [0.2, 0.25) is 18.1 Å². The van der Waals surface area contributed by atoms with Crippen LogP contribution in [0.25, 0.3) is 0 Å². The van der Waals surface area contributed by atoms with Gasteiger partial charge in [-0.25, -0.2) is 4.98 Å². The van der Waals surface area contributed by atoms with Crippen molar-refractivity contribution >= 4 is 8.32 Å². The van der Waals surface area contributed by atoms with Crippen molar-refractivity contribution in [2.75, 3.05) is 0 Å². The van der Waals surface area contributed by atoms with Crippen molar-refractivity contribution < 1.29 is 4.80 Å². The van der Waals surface area contributed by atoms with E-state index in [0.29, 0.717) is 13.0 Å². The highest BCUT2D eigenvalue weighted by Crippen LogP contribution is 2.39. The Bertz CT molecular complexity index is 426. The molecule has 0 amide bonds. The zero-order chi connectivity index (χ0) is 13.8. The Morgan fingerprint density at radius 1 is 1.50 bits per heavy atom. The quantitative estimate of drug-likeness (QED) is 0.804. The van der Waals surface area contributed by atoms with Gasteiger partial charge in [0.1, 0.15) is 0 Å². The average Bonchev–Trinajstić information content (AvgIpc) is 2.69. The summed E-state index contributed by atoms with van der Waals surface area (Å²) in [5, 5.41) is 8.59. The molecule has 1 aromatic heterocycles. The number of nitriles is 1. The standard InChI is InChI=1S/C13H23N3OSi/c1-13(2,18(3,4)17)7-6-12-10-15-11-16(12)9-5-8-14/h10-11,17H,5-7,9H2,1-4H3. The van der Waals surface area contributed by atoms with E-state index in [2.05, 4.69) is 24.9 Å². The molecular formula is C13H23N3OSi. The van der Waals surface area contributed by atoms with Crippen molar-refractivity contribution in [1.82, 2.24) is 9.55 Å². The summed E-state index contributed by atoms with van der Waals surface area (Å²) in [6.45, 7) is 8.94. The number of aryl methyl sites for hydroxylation is 2.